The highest BCUT2D eigenvalue weighted by Gasteiger charge is 2.09. The molecule has 0 fully saturated rings. The van der Waals surface area contributed by atoms with E-state index >= 15 is 0 Å². The summed E-state index contributed by atoms with van der Waals surface area (Å²) in [6.45, 7) is 0.500. The number of hydrogen-bond acceptors (Lipinski definition) is 5. The standard InChI is InChI=1S/C17H16N2O2S.ClH/c1-20-16-9-13(14-11-22-17(18)19-14)7-8-15(16)21-10-12-5-3-2-4-6-12;/h2-9,11H,10H2,1H3,(H2,18,19);1H. The molecule has 0 aliphatic heterocycles. The molecular weight excluding hydrogens is 332 g/mol. The van der Waals surface area contributed by atoms with Crippen molar-refractivity contribution < 1.29 is 9.47 Å². The first-order valence-electron chi connectivity index (χ1n) is 6.82. The van der Waals surface area contributed by atoms with Gasteiger partial charge in [-0.1, -0.05) is 30.3 Å². The van der Waals surface area contributed by atoms with Crippen molar-refractivity contribution in [1.82, 2.24) is 4.98 Å². The summed E-state index contributed by atoms with van der Waals surface area (Å²) in [5, 5.41) is 2.48. The van der Waals surface area contributed by atoms with Crippen LogP contribution in [0.25, 0.3) is 11.3 Å². The van der Waals surface area contributed by atoms with E-state index in [2.05, 4.69) is 4.98 Å². The van der Waals surface area contributed by atoms with Crippen LogP contribution in [0.15, 0.2) is 53.9 Å². The highest BCUT2D eigenvalue weighted by molar-refractivity contribution is 7.13. The second kappa shape index (κ2) is 7.85. The molecular formula is C17H17ClN2O2S. The highest BCUT2D eigenvalue weighted by Crippen LogP contribution is 2.33. The molecule has 2 aromatic carbocycles. The SMILES string of the molecule is COc1cc(-c2csc(N)n2)ccc1OCc1ccccc1.Cl. The van der Waals surface area contributed by atoms with Crippen molar-refractivity contribution in [2.75, 3.05) is 12.8 Å². The number of ether oxygens (including phenoxy) is 2. The number of halogens is 1. The van der Waals surface area contributed by atoms with Crippen molar-refractivity contribution in [2.24, 2.45) is 0 Å². The van der Waals surface area contributed by atoms with E-state index in [-0.39, 0.29) is 12.4 Å². The minimum absolute atomic E-state index is 0. The summed E-state index contributed by atoms with van der Waals surface area (Å²) in [7, 11) is 1.63. The van der Waals surface area contributed by atoms with Crippen LogP contribution in [0.2, 0.25) is 0 Å². The molecule has 0 saturated carbocycles. The molecule has 0 amide bonds. The van der Waals surface area contributed by atoms with Gasteiger partial charge < -0.3 is 15.2 Å². The van der Waals surface area contributed by atoms with Crippen molar-refractivity contribution in [3.63, 3.8) is 0 Å². The molecule has 1 aromatic heterocycles. The Balaban J connectivity index is 0.00000192. The van der Waals surface area contributed by atoms with E-state index in [1.165, 1.54) is 11.3 Å². The van der Waals surface area contributed by atoms with E-state index in [9.17, 15) is 0 Å². The Kier molecular flexibility index (Phi) is 5.84. The first kappa shape index (κ1) is 17.1. The van der Waals surface area contributed by atoms with Crippen molar-refractivity contribution in [3.05, 3.63) is 59.5 Å². The fourth-order valence-electron chi connectivity index (χ4n) is 2.10. The van der Waals surface area contributed by atoms with Gasteiger partial charge in [-0.05, 0) is 23.8 Å². The molecule has 120 valence electrons. The monoisotopic (exact) mass is 348 g/mol. The van der Waals surface area contributed by atoms with Crippen LogP contribution in [0.1, 0.15) is 5.56 Å². The minimum atomic E-state index is 0. The summed E-state index contributed by atoms with van der Waals surface area (Å²) >= 11 is 1.42. The predicted molar refractivity (Wildman–Crippen MR) is 96.5 cm³/mol. The number of nitrogen functional groups attached to an aromatic ring is 1. The molecule has 0 bridgehead atoms. The van der Waals surface area contributed by atoms with Crippen LogP contribution in [-0.4, -0.2) is 12.1 Å². The molecule has 23 heavy (non-hydrogen) atoms. The van der Waals surface area contributed by atoms with E-state index in [0.717, 1.165) is 16.8 Å². The molecule has 6 heteroatoms. The number of anilines is 1. The number of nitrogens with two attached hydrogens (primary N) is 1. The van der Waals surface area contributed by atoms with Gasteiger partial charge in [0.1, 0.15) is 6.61 Å². The summed E-state index contributed by atoms with van der Waals surface area (Å²) in [6.07, 6.45) is 0. The molecule has 2 N–H and O–H groups in total. The van der Waals surface area contributed by atoms with Gasteiger partial charge in [-0.25, -0.2) is 4.98 Å². The molecule has 0 aliphatic carbocycles. The number of benzene rings is 2. The lowest BCUT2D eigenvalue weighted by Crippen LogP contribution is -1.97. The van der Waals surface area contributed by atoms with Gasteiger partial charge in [0.2, 0.25) is 0 Å². The van der Waals surface area contributed by atoms with Crippen LogP contribution in [0.3, 0.4) is 0 Å². The average molecular weight is 349 g/mol. The van der Waals surface area contributed by atoms with Gasteiger partial charge in [0, 0.05) is 10.9 Å². The number of rotatable bonds is 5. The predicted octanol–water partition coefficient (Wildman–Crippen LogP) is 4.40. The molecule has 0 unspecified atom stereocenters. The quantitative estimate of drug-likeness (QED) is 0.742. The topological polar surface area (TPSA) is 57.4 Å². The van der Waals surface area contributed by atoms with Gasteiger partial charge >= 0.3 is 0 Å². The van der Waals surface area contributed by atoms with Crippen LogP contribution in [0.4, 0.5) is 5.13 Å². The fourth-order valence-corrected chi connectivity index (χ4v) is 2.67. The maximum atomic E-state index is 5.84. The number of methoxy groups -OCH3 is 1. The zero-order chi connectivity index (χ0) is 15.4. The highest BCUT2D eigenvalue weighted by atomic mass is 35.5. The number of thiazole rings is 1. The number of nitrogens with zero attached hydrogens (tertiary/aromatic N) is 1. The molecule has 3 rings (SSSR count). The lowest BCUT2D eigenvalue weighted by atomic mass is 10.1. The van der Waals surface area contributed by atoms with E-state index < -0.39 is 0 Å². The van der Waals surface area contributed by atoms with Crippen LogP contribution in [-0.2, 0) is 6.61 Å². The van der Waals surface area contributed by atoms with Gasteiger partial charge in [-0.15, -0.1) is 23.7 Å². The zero-order valence-electron chi connectivity index (χ0n) is 12.6. The Morgan fingerprint density at radius 2 is 1.87 bits per heavy atom. The largest absolute Gasteiger partial charge is 0.493 e. The molecule has 0 saturated heterocycles. The van der Waals surface area contributed by atoms with Crippen LogP contribution in [0, 0.1) is 0 Å². The summed E-state index contributed by atoms with van der Waals surface area (Å²) in [5.41, 5.74) is 8.59. The maximum Gasteiger partial charge on any atom is 0.180 e. The third-order valence-corrected chi connectivity index (χ3v) is 3.89. The summed E-state index contributed by atoms with van der Waals surface area (Å²) in [5.74, 6) is 1.39. The van der Waals surface area contributed by atoms with Gasteiger partial charge in [0.05, 0.1) is 12.8 Å². The molecule has 0 aliphatic rings. The summed E-state index contributed by atoms with van der Waals surface area (Å²) < 4.78 is 11.3. The van der Waals surface area contributed by atoms with Crippen molar-refractivity contribution in [3.8, 4) is 22.8 Å². The van der Waals surface area contributed by atoms with E-state index in [1.54, 1.807) is 7.11 Å². The van der Waals surface area contributed by atoms with Crippen molar-refractivity contribution >= 4 is 28.9 Å². The lowest BCUT2D eigenvalue weighted by Gasteiger charge is -2.11. The third-order valence-electron chi connectivity index (χ3n) is 3.22. The first-order valence-corrected chi connectivity index (χ1v) is 7.70. The molecule has 0 atom stereocenters. The normalized spacial score (nSPS) is 9.96. The van der Waals surface area contributed by atoms with Gasteiger partial charge in [-0.3, -0.25) is 0 Å². The first-order chi connectivity index (χ1) is 10.8. The number of aromatic nitrogens is 1. The lowest BCUT2D eigenvalue weighted by molar-refractivity contribution is 0.284. The van der Waals surface area contributed by atoms with Crippen molar-refractivity contribution in [1.29, 1.82) is 0 Å². The summed E-state index contributed by atoms with van der Waals surface area (Å²) in [6, 6.07) is 15.8. The van der Waals surface area contributed by atoms with E-state index in [0.29, 0.717) is 23.2 Å². The second-order valence-electron chi connectivity index (χ2n) is 4.71. The summed E-state index contributed by atoms with van der Waals surface area (Å²) in [4.78, 5) is 4.28. The molecule has 0 spiro atoms. The zero-order valence-corrected chi connectivity index (χ0v) is 14.2. The molecule has 4 nitrogen and oxygen atoms in total. The van der Waals surface area contributed by atoms with Crippen LogP contribution < -0.4 is 15.2 Å². The van der Waals surface area contributed by atoms with E-state index in [4.69, 9.17) is 15.2 Å². The Bertz CT molecular complexity index is 762. The van der Waals surface area contributed by atoms with E-state index in [1.807, 2.05) is 53.9 Å². The molecule has 3 aromatic rings. The second-order valence-corrected chi connectivity index (χ2v) is 5.60. The van der Waals surface area contributed by atoms with Gasteiger partial charge in [0.15, 0.2) is 16.6 Å². The number of hydrogen-bond donors (Lipinski definition) is 1. The Labute approximate surface area is 145 Å². The van der Waals surface area contributed by atoms with Gasteiger partial charge in [0.25, 0.3) is 0 Å². The maximum absolute atomic E-state index is 5.84. The van der Waals surface area contributed by atoms with Crippen LogP contribution >= 0.6 is 23.7 Å². The van der Waals surface area contributed by atoms with Crippen molar-refractivity contribution in [2.45, 2.75) is 6.61 Å². The van der Waals surface area contributed by atoms with Crippen LogP contribution in [0.5, 0.6) is 11.5 Å². The average Bonchev–Trinajstić information content (AvgIpc) is 3.00. The molecule has 0 radical (unpaired) electrons. The Hall–Kier alpha value is -2.24. The fraction of sp³-hybridized carbons (Fsp3) is 0.118. The smallest absolute Gasteiger partial charge is 0.180 e. The van der Waals surface area contributed by atoms with Gasteiger partial charge in [-0.2, -0.15) is 0 Å². The Morgan fingerprint density at radius 1 is 1.09 bits per heavy atom. The third kappa shape index (κ3) is 4.15. The Morgan fingerprint density at radius 3 is 2.52 bits per heavy atom. The minimum Gasteiger partial charge on any atom is -0.493 e. The molecule has 1 heterocycles.